The molecule has 0 amide bonds. The SMILES string of the molecule is C#Cc1cccc(Nc2cncc(Nc3cccc(C#C)c3)n2)c1. The van der Waals surface area contributed by atoms with Gasteiger partial charge in [0.1, 0.15) is 0 Å². The second-order valence-electron chi connectivity index (χ2n) is 4.99. The fourth-order valence-electron chi connectivity index (χ4n) is 2.16. The van der Waals surface area contributed by atoms with Crippen molar-refractivity contribution in [1.29, 1.82) is 0 Å². The third-order valence-electron chi connectivity index (χ3n) is 3.24. The highest BCUT2D eigenvalue weighted by Crippen LogP contribution is 2.19. The van der Waals surface area contributed by atoms with E-state index in [1.807, 2.05) is 48.5 Å². The summed E-state index contributed by atoms with van der Waals surface area (Å²) >= 11 is 0. The molecule has 0 spiro atoms. The molecule has 0 unspecified atom stereocenters. The van der Waals surface area contributed by atoms with Crippen molar-refractivity contribution < 1.29 is 0 Å². The summed E-state index contributed by atoms with van der Waals surface area (Å²) < 4.78 is 0. The van der Waals surface area contributed by atoms with Gasteiger partial charge in [-0.15, -0.1) is 12.8 Å². The molecule has 24 heavy (non-hydrogen) atoms. The largest absolute Gasteiger partial charge is 0.339 e. The molecule has 0 aliphatic carbocycles. The highest BCUT2D eigenvalue weighted by atomic mass is 15.1. The van der Waals surface area contributed by atoms with Crippen LogP contribution in [0.3, 0.4) is 0 Å². The first-order chi connectivity index (χ1) is 11.8. The Bertz CT molecular complexity index is 873. The van der Waals surface area contributed by atoms with Gasteiger partial charge in [0.25, 0.3) is 0 Å². The molecule has 0 atom stereocenters. The maximum absolute atomic E-state index is 5.42. The van der Waals surface area contributed by atoms with Crippen LogP contribution in [0.1, 0.15) is 11.1 Å². The summed E-state index contributed by atoms with van der Waals surface area (Å²) in [6.07, 6.45) is 14.1. The molecule has 4 heteroatoms. The predicted octanol–water partition coefficient (Wildman–Crippen LogP) is 3.93. The van der Waals surface area contributed by atoms with E-state index < -0.39 is 0 Å². The molecule has 0 bridgehead atoms. The molecule has 0 fully saturated rings. The molecule has 3 rings (SSSR count). The molecule has 2 N–H and O–H groups in total. The zero-order valence-corrected chi connectivity index (χ0v) is 12.8. The van der Waals surface area contributed by atoms with Crippen molar-refractivity contribution in [3.8, 4) is 24.7 Å². The van der Waals surface area contributed by atoms with Gasteiger partial charge in [0, 0.05) is 22.5 Å². The minimum atomic E-state index is 0.613. The minimum absolute atomic E-state index is 0.613. The van der Waals surface area contributed by atoms with E-state index in [4.69, 9.17) is 12.8 Å². The van der Waals surface area contributed by atoms with Gasteiger partial charge in [-0.1, -0.05) is 24.0 Å². The summed E-state index contributed by atoms with van der Waals surface area (Å²) in [6.45, 7) is 0. The molecule has 2 aromatic carbocycles. The van der Waals surface area contributed by atoms with Crippen LogP contribution in [0.15, 0.2) is 60.9 Å². The van der Waals surface area contributed by atoms with Crippen molar-refractivity contribution in [2.45, 2.75) is 0 Å². The van der Waals surface area contributed by atoms with Crippen molar-refractivity contribution in [3.05, 3.63) is 72.1 Å². The van der Waals surface area contributed by atoms with Crippen LogP contribution in [-0.2, 0) is 0 Å². The van der Waals surface area contributed by atoms with Crippen LogP contribution in [0.25, 0.3) is 0 Å². The molecule has 4 nitrogen and oxygen atoms in total. The molecule has 1 aromatic heterocycles. The van der Waals surface area contributed by atoms with Gasteiger partial charge < -0.3 is 10.6 Å². The first kappa shape index (κ1) is 15.1. The highest BCUT2D eigenvalue weighted by molar-refractivity contribution is 5.62. The molecular weight excluding hydrogens is 296 g/mol. The maximum Gasteiger partial charge on any atom is 0.151 e. The maximum atomic E-state index is 5.42. The fourth-order valence-corrected chi connectivity index (χ4v) is 2.16. The Balaban J connectivity index is 1.79. The van der Waals surface area contributed by atoms with Gasteiger partial charge in [0.05, 0.1) is 12.4 Å². The van der Waals surface area contributed by atoms with E-state index in [1.165, 1.54) is 0 Å². The zero-order chi connectivity index (χ0) is 16.8. The Morgan fingerprint density at radius 2 is 1.25 bits per heavy atom. The van der Waals surface area contributed by atoms with Crippen LogP contribution in [0.2, 0.25) is 0 Å². The van der Waals surface area contributed by atoms with Gasteiger partial charge in [0.2, 0.25) is 0 Å². The summed E-state index contributed by atoms with van der Waals surface area (Å²) in [6, 6.07) is 15.1. The van der Waals surface area contributed by atoms with E-state index in [1.54, 1.807) is 12.4 Å². The Hall–Kier alpha value is -3.76. The minimum Gasteiger partial charge on any atom is -0.339 e. The number of rotatable bonds is 4. The second kappa shape index (κ2) is 7.00. The van der Waals surface area contributed by atoms with E-state index in [-0.39, 0.29) is 0 Å². The van der Waals surface area contributed by atoms with Crippen LogP contribution in [0.4, 0.5) is 23.0 Å². The molecule has 3 aromatic rings. The summed E-state index contributed by atoms with van der Waals surface area (Å²) in [7, 11) is 0. The molecule has 1 heterocycles. The lowest BCUT2D eigenvalue weighted by molar-refractivity contribution is 1.19. The number of aromatic nitrogens is 2. The van der Waals surface area contributed by atoms with Gasteiger partial charge >= 0.3 is 0 Å². The average molecular weight is 310 g/mol. The topological polar surface area (TPSA) is 49.8 Å². The van der Waals surface area contributed by atoms with Crippen LogP contribution in [-0.4, -0.2) is 9.97 Å². The quantitative estimate of drug-likeness (QED) is 0.717. The number of nitrogens with zero attached hydrogens (tertiary/aromatic N) is 2. The Morgan fingerprint density at radius 3 is 1.71 bits per heavy atom. The molecule has 0 aliphatic heterocycles. The standard InChI is InChI=1S/C20H14N4/c1-3-15-7-5-9-17(11-15)22-19-13-21-14-20(24-19)23-18-10-6-8-16(4-2)12-18/h1-2,5-14H,(H2,22,23,24). The summed E-state index contributed by atoms with van der Waals surface area (Å²) in [5, 5.41) is 6.37. The molecule has 0 saturated carbocycles. The third-order valence-corrected chi connectivity index (χ3v) is 3.24. The Kier molecular flexibility index (Phi) is 4.42. The van der Waals surface area contributed by atoms with Gasteiger partial charge in [-0.05, 0) is 36.4 Å². The van der Waals surface area contributed by atoms with Gasteiger partial charge in [-0.25, -0.2) is 4.98 Å². The zero-order valence-electron chi connectivity index (χ0n) is 12.8. The van der Waals surface area contributed by atoms with Crippen LogP contribution >= 0.6 is 0 Å². The third kappa shape index (κ3) is 3.71. The number of anilines is 4. The Morgan fingerprint density at radius 1 is 0.750 bits per heavy atom. The molecule has 0 saturated heterocycles. The fraction of sp³-hybridized carbons (Fsp3) is 0. The van der Waals surface area contributed by atoms with E-state index in [0.29, 0.717) is 11.6 Å². The first-order valence-electron chi connectivity index (χ1n) is 7.26. The molecule has 0 aliphatic rings. The first-order valence-corrected chi connectivity index (χ1v) is 7.26. The van der Waals surface area contributed by atoms with Gasteiger partial charge in [-0.3, -0.25) is 4.98 Å². The van der Waals surface area contributed by atoms with Crippen molar-refractivity contribution in [2.24, 2.45) is 0 Å². The van der Waals surface area contributed by atoms with E-state index in [2.05, 4.69) is 32.4 Å². The van der Waals surface area contributed by atoms with Crippen LogP contribution in [0, 0.1) is 24.7 Å². The van der Waals surface area contributed by atoms with E-state index >= 15 is 0 Å². The normalized spacial score (nSPS) is 9.58. The molecular formula is C20H14N4. The number of terminal acetylenes is 2. The number of benzene rings is 2. The summed E-state index contributed by atoms with van der Waals surface area (Å²) in [4.78, 5) is 8.68. The van der Waals surface area contributed by atoms with E-state index in [9.17, 15) is 0 Å². The van der Waals surface area contributed by atoms with Crippen molar-refractivity contribution >= 4 is 23.0 Å². The monoisotopic (exact) mass is 310 g/mol. The van der Waals surface area contributed by atoms with Crippen molar-refractivity contribution in [1.82, 2.24) is 9.97 Å². The lowest BCUT2D eigenvalue weighted by Gasteiger charge is -2.09. The smallest absolute Gasteiger partial charge is 0.151 e. The van der Waals surface area contributed by atoms with Gasteiger partial charge in [0.15, 0.2) is 11.6 Å². The van der Waals surface area contributed by atoms with Crippen LogP contribution in [0.5, 0.6) is 0 Å². The lowest BCUT2D eigenvalue weighted by atomic mass is 10.2. The summed E-state index contributed by atoms with van der Waals surface area (Å²) in [5.41, 5.74) is 3.30. The van der Waals surface area contributed by atoms with E-state index in [0.717, 1.165) is 22.5 Å². The van der Waals surface area contributed by atoms with Crippen molar-refractivity contribution in [2.75, 3.05) is 10.6 Å². The van der Waals surface area contributed by atoms with Gasteiger partial charge in [-0.2, -0.15) is 0 Å². The predicted molar refractivity (Wildman–Crippen MR) is 97.4 cm³/mol. The molecule has 114 valence electrons. The van der Waals surface area contributed by atoms with Crippen molar-refractivity contribution in [3.63, 3.8) is 0 Å². The second-order valence-corrected chi connectivity index (χ2v) is 4.99. The van der Waals surface area contributed by atoms with Crippen LogP contribution < -0.4 is 10.6 Å². The average Bonchev–Trinajstić information content (AvgIpc) is 2.62. The lowest BCUT2D eigenvalue weighted by Crippen LogP contribution is -1.99. The number of nitrogens with one attached hydrogen (secondary N) is 2. The molecule has 0 radical (unpaired) electrons. The number of hydrogen-bond acceptors (Lipinski definition) is 4. The number of hydrogen-bond donors (Lipinski definition) is 2. The Labute approximate surface area is 141 Å². The summed E-state index contributed by atoms with van der Waals surface area (Å²) in [5.74, 6) is 6.43. The highest BCUT2D eigenvalue weighted by Gasteiger charge is 2.02.